The normalized spacial score (nSPS) is 11.6. The summed E-state index contributed by atoms with van der Waals surface area (Å²) >= 11 is -7.51. The van der Waals surface area contributed by atoms with Crippen LogP contribution < -0.4 is 12.3 Å². The molecule has 0 aliphatic rings. The molecule has 4 nitrogen and oxygen atoms in total. The van der Waals surface area contributed by atoms with Gasteiger partial charge in [-0.15, -0.1) is 0 Å². The number of rotatable bonds is 31. The minimum atomic E-state index is -1.99. The monoisotopic (exact) mass is 1560 g/mol. The van der Waals surface area contributed by atoms with E-state index < -0.39 is 98.3 Å². The molecule has 0 N–H and O–H groups in total. The number of ether oxygens (including phenoxy) is 2. The van der Waals surface area contributed by atoms with Crippen LogP contribution in [0.1, 0.15) is 142 Å². The molecular formula is C52H66Hg4O4. The molecule has 0 unspecified atom stereocenters. The Labute approximate surface area is 412 Å². The van der Waals surface area contributed by atoms with E-state index in [1.54, 1.807) is 0 Å². The van der Waals surface area contributed by atoms with E-state index in [0.29, 0.717) is 0 Å². The molecule has 4 rings (SSSR count). The summed E-state index contributed by atoms with van der Waals surface area (Å²) in [5, 5.41) is 0. The van der Waals surface area contributed by atoms with E-state index in [2.05, 4.69) is 135 Å². The molecule has 0 fully saturated rings. The second-order valence-corrected chi connectivity index (χ2v) is 46.4. The first kappa shape index (κ1) is 51.7. The number of esters is 2. The van der Waals surface area contributed by atoms with Crippen molar-refractivity contribution in [1.82, 2.24) is 0 Å². The van der Waals surface area contributed by atoms with E-state index in [0.717, 1.165) is 32.2 Å². The fourth-order valence-electron chi connectivity index (χ4n) is 7.89. The molecule has 4 aromatic carbocycles. The number of carbonyl (C=O) groups is 2. The summed E-state index contributed by atoms with van der Waals surface area (Å²) in [5.41, 5.74) is 0. The Morgan fingerprint density at radius 1 is 0.350 bits per heavy atom. The second-order valence-electron chi connectivity index (χ2n) is 16.6. The van der Waals surface area contributed by atoms with Crippen LogP contribution in [0.2, 0.25) is 0 Å². The van der Waals surface area contributed by atoms with Crippen molar-refractivity contribution >= 4 is 24.2 Å². The number of benzene rings is 4. The van der Waals surface area contributed by atoms with Gasteiger partial charge in [0.1, 0.15) is 0 Å². The quantitative estimate of drug-likeness (QED) is 0.0218. The van der Waals surface area contributed by atoms with Gasteiger partial charge in [0, 0.05) is 0 Å². The minimum absolute atomic E-state index is 0.0596. The van der Waals surface area contributed by atoms with Gasteiger partial charge in [0.2, 0.25) is 0 Å². The Hall–Kier alpha value is -0.960. The van der Waals surface area contributed by atoms with Gasteiger partial charge in [0.25, 0.3) is 0 Å². The maximum atomic E-state index is 13.9. The van der Waals surface area contributed by atoms with Gasteiger partial charge in [-0.3, -0.25) is 0 Å². The van der Waals surface area contributed by atoms with E-state index in [4.69, 9.17) is 9.47 Å². The molecular weight excluding hydrogens is 1490 g/mol. The Kier molecular flexibility index (Phi) is 28.9. The molecule has 0 aromatic heterocycles. The molecule has 0 bridgehead atoms. The fraction of sp³-hybridized carbons (Fsp3) is 0.423. The average Bonchev–Trinajstić information content (AvgIpc) is 3.27. The SMILES string of the molecule is CCCCCCCCCC/[C]([Hg][c]1ccccc1)=[C](/OC(=O)CCC(=O)O/[C]([Hg][c]1ccccc1)=[C](/CCCCCCCCCC)[Hg][c]1ccccc1)[Hg][c]1ccccc1. The zero-order chi connectivity index (χ0) is 42.3. The second kappa shape index (κ2) is 33.5. The zero-order valence-corrected chi connectivity index (χ0v) is 59.1. The Bertz CT molecular complexity index is 1680. The molecule has 0 saturated heterocycles. The molecule has 0 spiro atoms. The summed E-state index contributed by atoms with van der Waals surface area (Å²) in [5.74, 6) is -0.538. The van der Waals surface area contributed by atoms with Gasteiger partial charge in [-0.1, -0.05) is 0 Å². The first-order chi connectivity index (χ1) is 29.5. The van der Waals surface area contributed by atoms with Crippen LogP contribution in [0.5, 0.6) is 0 Å². The third-order valence-electron chi connectivity index (χ3n) is 11.4. The standard InChI is InChI=1S/C28H46O4.4C6H5.4Hg/c1-3-5-7-9-11-13-15-17-19-21-25-31-27(29)23-24-28(30)32-26-22-20-18-16-14-12-10-8-6-4-2;4*1-2-4-6-5-3-1;;;;/h3-20,23-24H2,1-2H3;4*1-5H;;;;. The summed E-state index contributed by atoms with van der Waals surface area (Å²) in [7, 11) is 0. The molecule has 0 radical (unpaired) electrons. The van der Waals surface area contributed by atoms with Crippen molar-refractivity contribution in [2.45, 2.75) is 142 Å². The third-order valence-corrected chi connectivity index (χ3v) is 56.8. The van der Waals surface area contributed by atoms with Crippen LogP contribution in [0.15, 0.2) is 134 Å². The van der Waals surface area contributed by atoms with Crippen LogP contribution >= 0.6 is 0 Å². The first-order valence-electron chi connectivity index (χ1n) is 23.5. The predicted molar refractivity (Wildman–Crippen MR) is 234 cm³/mol. The number of carbonyl (C=O) groups excluding carboxylic acids is 2. The van der Waals surface area contributed by atoms with Crippen LogP contribution in [-0.4, -0.2) is 11.9 Å². The van der Waals surface area contributed by atoms with Crippen LogP contribution in [0.4, 0.5) is 0 Å². The number of hydrogen-bond donors (Lipinski definition) is 0. The molecule has 0 aliphatic heterocycles. The third kappa shape index (κ3) is 23.1. The average molecular weight is 1560 g/mol. The van der Waals surface area contributed by atoms with E-state index in [-0.39, 0.29) is 24.8 Å². The number of unbranched alkanes of at least 4 members (excludes halogenated alkanes) is 14. The predicted octanol–water partition coefficient (Wildman–Crippen LogP) is 11.9. The van der Waals surface area contributed by atoms with Crippen LogP contribution in [0.25, 0.3) is 0 Å². The van der Waals surface area contributed by atoms with Crippen molar-refractivity contribution in [1.29, 1.82) is 0 Å². The van der Waals surface area contributed by atoms with Crippen molar-refractivity contribution in [3.63, 3.8) is 0 Å². The molecule has 0 heterocycles. The van der Waals surface area contributed by atoms with Crippen LogP contribution in [0.3, 0.4) is 0 Å². The number of allylic oxidation sites excluding steroid dienone is 2. The Balaban J connectivity index is 1.49. The molecule has 4 aromatic rings. The van der Waals surface area contributed by atoms with Gasteiger partial charge in [-0.2, -0.15) is 0 Å². The van der Waals surface area contributed by atoms with Gasteiger partial charge >= 0.3 is 418 Å². The van der Waals surface area contributed by atoms with Crippen molar-refractivity contribution in [2.75, 3.05) is 0 Å². The van der Waals surface area contributed by atoms with Crippen molar-refractivity contribution in [3.05, 3.63) is 134 Å². The van der Waals surface area contributed by atoms with Crippen molar-refractivity contribution < 1.29 is 117 Å². The molecule has 0 aliphatic carbocycles. The van der Waals surface area contributed by atoms with Gasteiger partial charge in [0.05, 0.1) is 0 Å². The molecule has 0 atom stereocenters. The summed E-state index contributed by atoms with van der Waals surface area (Å²) < 4.78 is 23.8. The van der Waals surface area contributed by atoms with Crippen LogP contribution in [-0.2, 0) is 117 Å². The summed E-state index contributed by atoms with van der Waals surface area (Å²) in [4.78, 5) is 27.7. The van der Waals surface area contributed by atoms with E-state index in [9.17, 15) is 9.59 Å². The molecule has 8 heteroatoms. The van der Waals surface area contributed by atoms with E-state index in [1.807, 2.05) is 0 Å². The fourth-order valence-corrected chi connectivity index (χ4v) is 50.1. The van der Waals surface area contributed by atoms with E-state index in [1.165, 1.54) is 108 Å². The van der Waals surface area contributed by atoms with Crippen molar-refractivity contribution in [3.8, 4) is 0 Å². The van der Waals surface area contributed by atoms with Gasteiger partial charge in [-0.05, 0) is 0 Å². The van der Waals surface area contributed by atoms with Crippen LogP contribution in [0, 0.1) is 0 Å². The van der Waals surface area contributed by atoms with E-state index >= 15 is 0 Å². The molecule has 0 amide bonds. The van der Waals surface area contributed by atoms with Crippen molar-refractivity contribution in [2.24, 2.45) is 0 Å². The topological polar surface area (TPSA) is 52.6 Å². The maximum absolute atomic E-state index is 13.9. The molecule has 0 saturated carbocycles. The summed E-state index contributed by atoms with van der Waals surface area (Å²) in [6.07, 6.45) is 22.7. The van der Waals surface area contributed by atoms with Gasteiger partial charge in [0.15, 0.2) is 0 Å². The Morgan fingerprint density at radius 3 is 0.917 bits per heavy atom. The molecule has 60 heavy (non-hydrogen) atoms. The zero-order valence-electron chi connectivity index (χ0n) is 37.2. The first-order valence-corrected chi connectivity index (χ1v) is 45.5. The van der Waals surface area contributed by atoms with Gasteiger partial charge in [-0.25, -0.2) is 0 Å². The summed E-state index contributed by atoms with van der Waals surface area (Å²) in [6.45, 7) is 4.55. The van der Waals surface area contributed by atoms with Gasteiger partial charge < -0.3 is 0 Å². The number of hydrogen-bond acceptors (Lipinski definition) is 4. The Morgan fingerprint density at radius 2 is 0.617 bits per heavy atom. The molecule has 306 valence electrons. The summed E-state index contributed by atoms with van der Waals surface area (Å²) in [6, 6.07) is 43.4.